The minimum Gasteiger partial charge on any atom is -0.297 e. The Morgan fingerprint density at radius 3 is 1.87 bits per heavy atom. The average molecular weight is 584 g/mol. The van der Waals surface area contributed by atoms with Gasteiger partial charge in [0.1, 0.15) is 5.82 Å². The molecular weight excluding hydrogens is 544 g/mol. The highest BCUT2D eigenvalue weighted by Gasteiger charge is 2.35. The molecule has 7 aromatic carbocycles. The minimum absolute atomic E-state index is 0.0596. The van der Waals surface area contributed by atoms with Crippen molar-refractivity contribution in [1.82, 2.24) is 9.55 Å². The van der Waals surface area contributed by atoms with Crippen LogP contribution in [0.25, 0.3) is 71.6 Å². The molecule has 0 N–H and O–H groups in total. The van der Waals surface area contributed by atoms with Crippen LogP contribution in [0.4, 0.5) is 0 Å². The molecular formula is C43H32N2. The van der Waals surface area contributed by atoms with Gasteiger partial charge in [0.15, 0.2) is 0 Å². The predicted octanol–water partition coefficient (Wildman–Crippen LogP) is 11.3. The van der Waals surface area contributed by atoms with Crippen LogP contribution < -0.4 is 0 Å². The number of nitrogens with zero attached hydrogens (tertiary/aromatic N) is 2. The molecule has 1 heterocycles. The van der Waals surface area contributed by atoms with Crippen molar-refractivity contribution in [2.45, 2.75) is 26.2 Å². The lowest BCUT2D eigenvalue weighted by Gasteiger charge is -2.23. The van der Waals surface area contributed by atoms with Gasteiger partial charge in [-0.25, -0.2) is 4.98 Å². The number of hydrogen-bond donors (Lipinski definition) is 0. The van der Waals surface area contributed by atoms with E-state index >= 15 is 0 Å². The summed E-state index contributed by atoms with van der Waals surface area (Å²) in [5.74, 6) is 0.902. The molecule has 1 aliphatic rings. The van der Waals surface area contributed by atoms with Crippen molar-refractivity contribution in [2.24, 2.45) is 0 Å². The molecule has 2 nitrogen and oxygen atoms in total. The van der Waals surface area contributed by atoms with Crippen molar-refractivity contribution in [1.29, 1.82) is 0 Å². The molecule has 0 unspecified atom stereocenters. The highest BCUT2D eigenvalue weighted by atomic mass is 15.1. The Kier molecular flexibility index (Phi) is 4.17. The lowest BCUT2D eigenvalue weighted by molar-refractivity contribution is 0.660. The summed E-state index contributed by atoms with van der Waals surface area (Å²) < 4.78 is 65.2. The molecule has 1 aliphatic carbocycles. The van der Waals surface area contributed by atoms with Gasteiger partial charge in [-0.15, -0.1) is 0 Å². The van der Waals surface area contributed by atoms with Crippen molar-refractivity contribution in [3.8, 4) is 39.1 Å². The Bertz CT molecular complexity index is 2800. The highest BCUT2D eigenvalue weighted by molar-refractivity contribution is 6.21. The van der Waals surface area contributed by atoms with Gasteiger partial charge in [-0.05, 0) is 103 Å². The number of imidazole rings is 1. The summed E-state index contributed by atoms with van der Waals surface area (Å²) >= 11 is 0. The van der Waals surface area contributed by atoms with E-state index < -0.39 is 5.41 Å². The first-order valence-electron chi connectivity index (χ1n) is 18.7. The fourth-order valence-electron chi connectivity index (χ4n) is 7.24. The molecule has 0 spiro atoms. The maximum absolute atomic E-state index is 9.79. The number of aryl methyl sites for hydroxylation is 1. The summed E-state index contributed by atoms with van der Waals surface area (Å²) in [7, 11) is 0. The van der Waals surface area contributed by atoms with Crippen LogP contribution in [0, 0.1) is 6.92 Å². The van der Waals surface area contributed by atoms with E-state index in [1.807, 2.05) is 75.4 Å². The highest BCUT2D eigenvalue weighted by Crippen LogP contribution is 2.51. The molecule has 45 heavy (non-hydrogen) atoms. The standard InChI is InChI=1S/C43H32N2/c1-27-44-39-18-10-11-19-40(39)45(27)30-23-20-28(21-24-30)41-33-13-4-6-15-35(33)42(36-16-7-5-14-34(36)41)29-22-25-32-31-12-8-9-17-37(31)43(2,3)38(32)26-29/h4-26H,1-3H3/i8D,9D,12D,17D,22D,25D,26D. The molecule has 2 heteroatoms. The zero-order chi connectivity index (χ0) is 36.4. The Labute approximate surface area is 273 Å². The van der Waals surface area contributed by atoms with Crippen LogP contribution in [0.1, 0.15) is 40.4 Å². The number of hydrogen-bond acceptors (Lipinski definition) is 1. The molecule has 9 rings (SSSR count). The topological polar surface area (TPSA) is 17.8 Å². The van der Waals surface area contributed by atoms with Crippen molar-refractivity contribution >= 4 is 32.6 Å². The molecule has 0 bridgehead atoms. The van der Waals surface area contributed by atoms with Crippen LogP contribution in [-0.4, -0.2) is 9.55 Å². The number of benzene rings is 7. The minimum atomic E-state index is -1.01. The number of fused-ring (bicyclic) bond motifs is 6. The van der Waals surface area contributed by atoms with Gasteiger partial charge in [0.25, 0.3) is 0 Å². The van der Waals surface area contributed by atoms with Gasteiger partial charge in [0, 0.05) is 11.1 Å². The van der Waals surface area contributed by atoms with E-state index in [1.165, 1.54) is 0 Å². The molecule has 0 aliphatic heterocycles. The lowest BCUT2D eigenvalue weighted by atomic mass is 9.80. The first-order valence-corrected chi connectivity index (χ1v) is 15.2. The first-order chi connectivity index (χ1) is 24.9. The van der Waals surface area contributed by atoms with Crippen LogP contribution in [-0.2, 0) is 5.41 Å². The van der Waals surface area contributed by atoms with Crippen LogP contribution in [0.3, 0.4) is 0 Å². The summed E-state index contributed by atoms with van der Waals surface area (Å²) in [5, 5.41) is 3.58. The third-order valence-electron chi connectivity index (χ3n) is 9.32. The van der Waals surface area contributed by atoms with Crippen LogP contribution in [0.5, 0.6) is 0 Å². The van der Waals surface area contributed by atoms with E-state index in [-0.39, 0.29) is 53.4 Å². The molecule has 1 aromatic heterocycles. The fraction of sp³-hybridized carbons (Fsp3) is 0.0930. The van der Waals surface area contributed by atoms with E-state index in [0.29, 0.717) is 22.3 Å². The molecule has 0 atom stereocenters. The number of aromatic nitrogens is 2. The van der Waals surface area contributed by atoms with Gasteiger partial charge in [-0.3, -0.25) is 4.57 Å². The summed E-state index contributed by atoms with van der Waals surface area (Å²) in [6.07, 6.45) is 0. The van der Waals surface area contributed by atoms with Crippen molar-refractivity contribution in [3.63, 3.8) is 0 Å². The maximum Gasteiger partial charge on any atom is 0.111 e. The van der Waals surface area contributed by atoms with E-state index in [4.69, 9.17) is 10.5 Å². The Morgan fingerprint density at radius 1 is 0.600 bits per heavy atom. The Hall–Kier alpha value is -5.47. The van der Waals surface area contributed by atoms with Gasteiger partial charge < -0.3 is 0 Å². The van der Waals surface area contributed by atoms with E-state index in [1.54, 1.807) is 0 Å². The summed E-state index contributed by atoms with van der Waals surface area (Å²) in [6.45, 7) is 5.70. The zero-order valence-corrected chi connectivity index (χ0v) is 25.1. The zero-order valence-electron chi connectivity index (χ0n) is 32.1. The molecule has 0 radical (unpaired) electrons. The van der Waals surface area contributed by atoms with Crippen molar-refractivity contribution < 1.29 is 9.60 Å². The van der Waals surface area contributed by atoms with Crippen LogP contribution in [0.15, 0.2) is 139 Å². The monoisotopic (exact) mass is 583 g/mol. The normalized spacial score (nSPS) is 15.6. The summed E-state index contributed by atoms with van der Waals surface area (Å²) in [5.41, 5.74) is 6.28. The second kappa shape index (κ2) is 9.51. The molecule has 0 amide bonds. The van der Waals surface area contributed by atoms with Gasteiger partial charge in [-0.1, -0.05) is 123 Å². The third kappa shape index (κ3) is 3.72. The van der Waals surface area contributed by atoms with Crippen LogP contribution in [0.2, 0.25) is 0 Å². The quantitative estimate of drug-likeness (QED) is 0.189. The van der Waals surface area contributed by atoms with Gasteiger partial charge in [-0.2, -0.15) is 0 Å². The van der Waals surface area contributed by atoms with E-state index in [0.717, 1.165) is 55.2 Å². The summed E-state index contributed by atoms with van der Waals surface area (Å²) in [4.78, 5) is 4.75. The SMILES string of the molecule is [2H]c1c([2H])c([2H])c2c(c1[2H])-c1c([2H])c([2H])c(-c3c4ccccc4c(-c4ccc(-n5c(C)nc6ccccc65)cc4)c4ccccc34)c([2H])c1C2(C)C. The lowest BCUT2D eigenvalue weighted by Crippen LogP contribution is -2.14. The second-order valence-corrected chi connectivity index (χ2v) is 12.2. The molecule has 0 saturated carbocycles. The molecule has 214 valence electrons. The van der Waals surface area contributed by atoms with Gasteiger partial charge in [0.05, 0.1) is 20.6 Å². The van der Waals surface area contributed by atoms with Gasteiger partial charge >= 0.3 is 0 Å². The predicted molar refractivity (Wildman–Crippen MR) is 189 cm³/mol. The smallest absolute Gasteiger partial charge is 0.111 e. The first kappa shape index (κ1) is 19.7. The average Bonchev–Trinajstić information content (AvgIpc) is 3.61. The maximum atomic E-state index is 9.79. The summed E-state index contributed by atoms with van der Waals surface area (Å²) in [6, 6.07) is 31.2. The third-order valence-corrected chi connectivity index (χ3v) is 9.32. The molecule has 8 aromatic rings. The number of rotatable bonds is 3. The van der Waals surface area contributed by atoms with Crippen molar-refractivity contribution in [2.75, 3.05) is 0 Å². The Balaban J connectivity index is 1.32. The second-order valence-electron chi connectivity index (χ2n) is 12.2. The van der Waals surface area contributed by atoms with E-state index in [2.05, 4.69) is 47.0 Å². The largest absolute Gasteiger partial charge is 0.297 e. The van der Waals surface area contributed by atoms with E-state index in [9.17, 15) is 4.11 Å². The molecule has 0 saturated heterocycles. The fourth-order valence-corrected chi connectivity index (χ4v) is 7.24. The Morgan fingerprint density at radius 2 is 1.18 bits per heavy atom. The molecule has 0 fully saturated rings. The van der Waals surface area contributed by atoms with Crippen LogP contribution >= 0.6 is 0 Å². The van der Waals surface area contributed by atoms with Gasteiger partial charge in [0.2, 0.25) is 0 Å². The number of para-hydroxylation sites is 2. The van der Waals surface area contributed by atoms with Crippen molar-refractivity contribution in [3.05, 3.63) is 156 Å².